The van der Waals surface area contributed by atoms with E-state index in [-0.39, 0.29) is 17.9 Å². The molecule has 3 rings (SSSR count). The molecule has 1 amide bonds. The van der Waals surface area contributed by atoms with Crippen molar-refractivity contribution in [2.45, 2.75) is 39.0 Å². The monoisotopic (exact) mass is 294 g/mol. The topological polar surface area (TPSA) is 53.4 Å². The Morgan fingerprint density at radius 1 is 1.60 bits per heavy atom. The number of aliphatic hydroxyl groups excluding tert-OH is 1. The fourth-order valence-corrected chi connectivity index (χ4v) is 4.10. The highest BCUT2D eigenvalue weighted by atomic mass is 32.1. The van der Waals surface area contributed by atoms with Crippen molar-refractivity contribution >= 4 is 17.2 Å². The zero-order chi connectivity index (χ0) is 14.2. The van der Waals surface area contributed by atoms with Gasteiger partial charge in [0.1, 0.15) is 4.88 Å². The number of piperidine rings is 1. The lowest BCUT2D eigenvalue weighted by atomic mass is 9.76. The van der Waals surface area contributed by atoms with Crippen LogP contribution in [0, 0.1) is 18.3 Å². The summed E-state index contributed by atoms with van der Waals surface area (Å²) in [4.78, 5) is 19.5. The van der Waals surface area contributed by atoms with Gasteiger partial charge in [0.2, 0.25) is 0 Å². The first-order valence-corrected chi connectivity index (χ1v) is 8.32. The van der Waals surface area contributed by atoms with Gasteiger partial charge in [-0.15, -0.1) is 11.3 Å². The maximum Gasteiger partial charge on any atom is 0.265 e. The summed E-state index contributed by atoms with van der Waals surface area (Å²) in [6.07, 6.45) is 5.71. The van der Waals surface area contributed by atoms with E-state index in [1.165, 1.54) is 24.2 Å². The molecule has 110 valence electrons. The Morgan fingerprint density at radius 3 is 3.00 bits per heavy atom. The molecule has 2 aliphatic rings. The number of carbonyl (C=O) groups excluding carboxylic acids is 1. The Hall–Kier alpha value is -0.940. The maximum atomic E-state index is 12.6. The number of hydrogen-bond donors (Lipinski definition) is 1. The van der Waals surface area contributed by atoms with Crippen LogP contribution in [0.4, 0.5) is 0 Å². The number of hydrogen-bond acceptors (Lipinski definition) is 4. The summed E-state index contributed by atoms with van der Waals surface area (Å²) in [5.74, 6) is 0.876. The molecule has 1 N–H and O–H groups in total. The minimum absolute atomic E-state index is 0.0618. The third-order valence-corrected chi connectivity index (χ3v) is 5.56. The second kappa shape index (κ2) is 5.45. The Labute approximate surface area is 123 Å². The number of thiazole rings is 1. The fourth-order valence-electron chi connectivity index (χ4n) is 3.33. The minimum atomic E-state index is -0.0618. The Morgan fingerprint density at radius 2 is 2.40 bits per heavy atom. The molecule has 1 saturated heterocycles. The minimum Gasteiger partial charge on any atom is -0.396 e. The van der Waals surface area contributed by atoms with Gasteiger partial charge in [0.25, 0.3) is 5.91 Å². The SMILES string of the molecule is Cc1ncsc1C(=O)N1CCCC(CO)(CC2CC2)C1. The van der Waals surface area contributed by atoms with Crippen LogP contribution in [0.25, 0.3) is 0 Å². The van der Waals surface area contributed by atoms with Crippen molar-refractivity contribution in [3.05, 3.63) is 16.1 Å². The summed E-state index contributed by atoms with van der Waals surface area (Å²) >= 11 is 1.42. The molecule has 0 aromatic carbocycles. The highest BCUT2D eigenvalue weighted by molar-refractivity contribution is 7.11. The van der Waals surface area contributed by atoms with Crippen molar-refractivity contribution < 1.29 is 9.90 Å². The van der Waals surface area contributed by atoms with E-state index < -0.39 is 0 Å². The lowest BCUT2D eigenvalue weighted by Crippen LogP contribution is -2.48. The molecule has 1 unspecified atom stereocenters. The normalized spacial score (nSPS) is 26.8. The largest absolute Gasteiger partial charge is 0.396 e. The molecule has 4 nitrogen and oxygen atoms in total. The van der Waals surface area contributed by atoms with E-state index in [9.17, 15) is 9.90 Å². The van der Waals surface area contributed by atoms with E-state index in [2.05, 4.69) is 4.98 Å². The number of aryl methyl sites for hydroxylation is 1. The summed E-state index contributed by atoms with van der Waals surface area (Å²) in [5, 5.41) is 9.86. The van der Waals surface area contributed by atoms with Crippen LogP contribution in [0.3, 0.4) is 0 Å². The lowest BCUT2D eigenvalue weighted by Gasteiger charge is -2.42. The Bertz CT molecular complexity index is 498. The molecule has 0 radical (unpaired) electrons. The number of aliphatic hydroxyl groups is 1. The zero-order valence-electron chi connectivity index (χ0n) is 12.0. The van der Waals surface area contributed by atoms with Crippen LogP contribution in [0.2, 0.25) is 0 Å². The molecule has 0 bridgehead atoms. The number of nitrogens with zero attached hydrogens (tertiary/aromatic N) is 2. The average Bonchev–Trinajstić information content (AvgIpc) is 3.16. The van der Waals surface area contributed by atoms with Crippen molar-refractivity contribution in [1.82, 2.24) is 9.88 Å². The standard InChI is InChI=1S/C15H22N2O2S/c1-11-13(20-10-16-11)14(19)17-6-2-5-15(8-17,9-18)7-12-3-4-12/h10,12,18H,2-9H2,1H3. The van der Waals surface area contributed by atoms with Crippen LogP contribution < -0.4 is 0 Å². The Balaban J connectivity index is 1.73. The molecule has 2 heterocycles. The molecule has 1 aliphatic carbocycles. The second-order valence-electron chi connectivity index (χ2n) is 6.40. The van der Waals surface area contributed by atoms with Crippen molar-refractivity contribution in [3.8, 4) is 0 Å². The summed E-state index contributed by atoms with van der Waals surface area (Å²) in [6, 6.07) is 0. The van der Waals surface area contributed by atoms with Gasteiger partial charge >= 0.3 is 0 Å². The molecule has 1 aromatic heterocycles. The number of likely N-dealkylation sites (tertiary alicyclic amines) is 1. The summed E-state index contributed by atoms with van der Waals surface area (Å²) in [6.45, 7) is 3.60. The van der Waals surface area contributed by atoms with Gasteiger partial charge in [0.05, 0.1) is 17.8 Å². The molecule has 1 aliphatic heterocycles. The molecule has 1 atom stereocenters. The highest BCUT2D eigenvalue weighted by Gasteiger charge is 2.41. The first-order valence-electron chi connectivity index (χ1n) is 7.44. The smallest absolute Gasteiger partial charge is 0.265 e. The summed E-state index contributed by atoms with van der Waals surface area (Å²) < 4.78 is 0. The molecule has 0 spiro atoms. The molecule has 20 heavy (non-hydrogen) atoms. The summed E-state index contributed by atoms with van der Waals surface area (Å²) in [7, 11) is 0. The van der Waals surface area contributed by atoms with E-state index >= 15 is 0 Å². The predicted octanol–water partition coefficient (Wildman–Crippen LogP) is 2.47. The van der Waals surface area contributed by atoms with Crippen LogP contribution in [0.5, 0.6) is 0 Å². The predicted molar refractivity (Wildman–Crippen MR) is 78.8 cm³/mol. The van der Waals surface area contributed by atoms with Crippen LogP contribution in [-0.4, -0.2) is 40.6 Å². The van der Waals surface area contributed by atoms with E-state index in [0.717, 1.165) is 42.3 Å². The van der Waals surface area contributed by atoms with Crippen LogP contribution >= 0.6 is 11.3 Å². The molecular weight excluding hydrogens is 272 g/mol. The number of rotatable bonds is 4. The molecule has 1 saturated carbocycles. The van der Waals surface area contributed by atoms with Gasteiger partial charge in [-0.2, -0.15) is 0 Å². The quantitative estimate of drug-likeness (QED) is 0.928. The van der Waals surface area contributed by atoms with Crippen molar-refractivity contribution in [3.63, 3.8) is 0 Å². The summed E-state index contributed by atoms with van der Waals surface area (Å²) in [5.41, 5.74) is 2.49. The van der Waals surface area contributed by atoms with E-state index in [4.69, 9.17) is 0 Å². The maximum absolute atomic E-state index is 12.6. The van der Waals surface area contributed by atoms with E-state index in [1.54, 1.807) is 5.51 Å². The number of aromatic nitrogens is 1. The highest BCUT2D eigenvalue weighted by Crippen LogP contribution is 2.44. The molecule has 5 heteroatoms. The van der Waals surface area contributed by atoms with Gasteiger partial charge in [0, 0.05) is 18.5 Å². The third kappa shape index (κ3) is 2.74. The molecule has 1 aromatic rings. The van der Waals surface area contributed by atoms with Crippen molar-refractivity contribution in [2.24, 2.45) is 11.3 Å². The van der Waals surface area contributed by atoms with Gasteiger partial charge in [-0.1, -0.05) is 12.8 Å². The second-order valence-corrected chi connectivity index (χ2v) is 7.26. The van der Waals surface area contributed by atoms with Gasteiger partial charge in [0.15, 0.2) is 0 Å². The van der Waals surface area contributed by atoms with Crippen molar-refractivity contribution in [2.75, 3.05) is 19.7 Å². The van der Waals surface area contributed by atoms with E-state index in [0.29, 0.717) is 6.54 Å². The zero-order valence-corrected chi connectivity index (χ0v) is 12.8. The van der Waals surface area contributed by atoms with Crippen LogP contribution in [0.1, 0.15) is 47.5 Å². The van der Waals surface area contributed by atoms with Crippen LogP contribution in [-0.2, 0) is 0 Å². The fraction of sp³-hybridized carbons (Fsp3) is 0.733. The number of amides is 1. The third-order valence-electron chi connectivity index (χ3n) is 4.64. The molecule has 2 fully saturated rings. The van der Waals surface area contributed by atoms with Crippen molar-refractivity contribution in [1.29, 1.82) is 0 Å². The van der Waals surface area contributed by atoms with Crippen LogP contribution in [0.15, 0.2) is 5.51 Å². The van der Waals surface area contributed by atoms with Gasteiger partial charge in [-0.3, -0.25) is 4.79 Å². The van der Waals surface area contributed by atoms with Gasteiger partial charge in [-0.25, -0.2) is 4.98 Å². The van der Waals surface area contributed by atoms with Gasteiger partial charge in [-0.05, 0) is 32.1 Å². The van der Waals surface area contributed by atoms with E-state index in [1.807, 2.05) is 11.8 Å². The Kier molecular flexibility index (Phi) is 3.82. The van der Waals surface area contributed by atoms with Gasteiger partial charge < -0.3 is 10.0 Å². The lowest BCUT2D eigenvalue weighted by molar-refractivity contribution is 0.0198. The number of carbonyl (C=O) groups is 1. The molecular formula is C15H22N2O2S. The first-order chi connectivity index (χ1) is 9.63. The average molecular weight is 294 g/mol. The first kappa shape index (κ1) is 14.0.